The predicted octanol–water partition coefficient (Wildman–Crippen LogP) is 2.15. The van der Waals surface area contributed by atoms with E-state index in [-0.39, 0.29) is 11.8 Å². The van der Waals surface area contributed by atoms with Gasteiger partial charge < -0.3 is 14.5 Å². The summed E-state index contributed by atoms with van der Waals surface area (Å²) in [5.74, 6) is 1.01. The molecule has 5 nitrogen and oxygen atoms in total. The van der Waals surface area contributed by atoms with E-state index in [4.69, 9.17) is 4.74 Å². The largest absolute Gasteiger partial charge is 0.493 e. The highest BCUT2D eigenvalue weighted by atomic mass is 16.5. The summed E-state index contributed by atoms with van der Waals surface area (Å²) in [5, 5.41) is 0. The molecule has 0 radical (unpaired) electrons. The molecule has 0 aromatic heterocycles. The van der Waals surface area contributed by atoms with Gasteiger partial charge in [-0.3, -0.25) is 9.59 Å². The van der Waals surface area contributed by atoms with Crippen molar-refractivity contribution in [3.8, 4) is 5.75 Å². The maximum Gasteiger partial charge on any atom is 0.226 e. The summed E-state index contributed by atoms with van der Waals surface area (Å²) in [6, 6.07) is 6.03. The third-order valence-corrected chi connectivity index (χ3v) is 4.20. The molecule has 2 amide bonds. The monoisotopic (exact) mass is 318 g/mol. The molecule has 1 fully saturated rings. The molecule has 1 aromatic rings. The Balaban J connectivity index is 1.79. The first kappa shape index (κ1) is 17.3. The average Bonchev–Trinajstić information content (AvgIpc) is 2.75. The third-order valence-electron chi connectivity index (χ3n) is 4.20. The fraction of sp³-hybridized carbons (Fsp3) is 0.556. The van der Waals surface area contributed by atoms with E-state index in [0.29, 0.717) is 32.7 Å². The van der Waals surface area contributed by atoms with Crippen LogP contribution in [0.5, 0.6) is 5.75 Å². The highest BCUT2D eigenvalue weighted by molar-refractivity contribution is 5.77. The number of aryl methyl sites for hydroxylation is 2. The van der Waals surface area contributed by atoms with Crippen molar-refractivity contribution < 1.29 is 14.3 Å². The number of carbonyl (C=O) groups is 2. The van der Waals surface area contributed by atoms with Crippen LogP contribution in [0.2, 0.25) is 0 Å². The van der Waals surface area contributed by atoms with Gasteiger partial charge in [0.1, 0.15) is 5.75 Å². The first-order valence-electron chi connectivity index (χ1n) is 8.20. The van der Waals surface area contributed by atoms with Gasteiger partial charge in [0.25, 0.3) is 0 Å². The highest BCUT2D eigenvalue weighted by Gasteiger charge is 2.20. The average molecular weight is 318 g/mol. The Labute approximate surface area is 138 Å². The van der Waals surface area contributed by atoms with Crippen LogP contribution in [-0.4, -0.2) is 54.4 Å². The summed E-state index contributed by atoms with van der Waals surface area (Å²) >= 11 is 0. The minimum Gasteiger partial charge on any atom is -0.493 e. The van der Waals surface area contributed by atoms with Crippen molar-refractivity contribution in [2.45, 2.75) is 33.6 Å². The van der Waals surface area contributed by atoms with E-state index in [0.717, 1.165) is 24.3 Å². The van der Waals surface area contributed by atoms with Crippen LogP contribution in [0.15, 0.2) is 18.2 Å². The van der Waals surface area contributed by atoms with Crippen LogP contribution >= 0.6 is 0 Å². The van der Waals surface area contributed by atoms with Crippen molar-refractivity contribution in [1.82, 2.24) is 9.80 Å². The number of carbonyl (C=O) groups excluding carboxylic acids is 2. The molecule has 5 heteroatoms. The molecule has 23 heavy (non-hydrogen) atoms. The van der Waals surface area contributed by atoms with Gasteiger partial charge in [-0.1, -0.05) is 17.7 Å². The number of benzene rings is 1. The lowest BCUT2D eigenvalue weighted by atomic mass is 10.1. The van der Waals surface area contributed by atoms with Gasteiger partial charge in [-0.2, -0.15) is 0 Å². The molecule has 1 saturated heterocycles. The molecule has 2 rings (SSSR count). The first-order chi connectivity index (χ1) is 11.0. The van der Waals surface area contributed by atoms with E-state index < -0.39 is 0 Å². The molecule has 0 N–H and O–H groups in total. The summed E-state index contributed by atoms with van der Waals surface area (Å²) in [7, 11) is 0. The van der Waals surface area contributed by atoms with Crippen molar-refractivity contribution in [1.29, 1.82) is 0 Å². The molecular formula is C18H26N2O3. The van der Waals surface area contributed by atoms with Crippen LogP contribution in [0.25, 0.3) is 0 Å². The molecule has 0 spiro atoms. The molecule has 0 aliphatic carbocycles. The van der Waals surface area contributed by atoms with E-state index in [1.54, 1.807) is 11.8 Å². The third kappa shape index (κ3) is 4.98. The van der Waals surface area contributed by atoms with Crippen LogP contribution in [0.3, 0.4) is 0 Å². The summed E-state index contributed by atoms with van der Waals surface area (Å²) in [5.41, 5.74) is 2.29. The minimum absolute atomic E-state index is 0.0810. The summed E-state index contributed by atoms with van der Waals surface area (Å²) in [6.07, 6.45) is 1.20. The number of ether oxygens (including phenoxy) is 1. The van der Waals surface area contributed by atoms with Crippen molar-refractivity contribution in [2.75, 3.05) is 32.8 Å². The van der Waals surface area contributed by atoms with Gasteiger partial charge in [0.05, 0.1) is 13.0 Å². The second kappa shape index (κ2) is 7.99. The lowest BCUT2D eigenvalue weighted by Crippen LogP contribution is -2.37. The minimum atomic E-state index is 0.0810. The van der Waals surface area contributed by atoms with Gasteiger partial charge in [-0.15, -0.1) is 0 Å². The second-order valence-electron chi connectivity index (χ2n) is 6.11. The Morgan fingerprint density at radius 3 is 2.48 bits per heavy atom. The van der Waals surface area contributed by atoms with E-state index >= 15 is 0 Å². The Morgan fingerprint density at radius 1 is 1.09 bits per heavy atom. The van der Waals surface area contributed by atoms with E-state index in [1.807, 2.05) is 30.9 Å². The second-order valence-corrected chi connectivity index (χ2v) is 6.11. The zero-order valence-corrected chi connectivity index (χ0v) is 14.3. The van der Waals surface area contributed by atoms with Crippen LogP contribution in [0, 0.1) is 13.8 Å². The Bertz CT molecular complexity index is 571. The van der Waals surface area contributed by atoms with Crippen molar-refractivity contribution >= 4 is 11.8 Å². The van der Waals surface area contributed by atoms with E-state index in [9.17, 15) is 9.59 Å². The van der Waals surface area contributed by atoms with Gasteiger partial charge in [-0.05, 0) is 31.9 Å². The maximum absolute atomic E-state index is 12.3. The standard InChI is InChI=1S/C18H26N2O3/c1-14-5-6-17(15(2)13-14)23-12-7-18(22)20-9-4-8-19(10-11-20)16(3)21/h5-6,13H,4,7-12H2,1-3H3. The molecule has 126 valence electrons. The Kier molecular flexibility index (Phi) is 6.02. The summed E-state index contributed by atoms with van der Waals surface area (Å²) in [4.78, 5) is 27.4. The van der Waals surface area contributed by atoms with E-state index in [1.165, 1.54) is 5.56 Å². The zero-order chi connectivity index (χ0) is 16.8. The number of hydrogen-bond donors (Lipinski definition) is 0. The molecule has 1 aliphatic rings. The van der Waals surface area contributed by atoms with Crippen LogP contribution < -0.4 is 4.74 Å². The van der Waals surface area contributed by atoms with Crippen LogP contribution in [0.4, 0.5) is 0 Å². The zero-order valence-electron chi connectivity index (χ0n) is 14.3. The lowest BCUT2D eigenvalue weighted by molar-refractivity contribution is -0.133. The highest BCUT2D eigenvalue weighted by Crippen LogP contribution is 2.19. The molecule has 0 unspecified atom stereocenters. The normalized spacial score (nSPS) is 15.3. The van der Waals surface area contributed by atoms with Crippen LogP contribution in [-0.2, 0) is 9.59 Å². The Morgan fingerprint density at radius 2 is 1.78 bits per heavy atom. The molecule has 1 aliphatic heterocycles. The number of rotatable bonds is 4. The fourth-order valence-electron chi connectivity index (χ4n) is 2.85. The Hall–Kier alpha value is -2.04. The van der Waals surface area contributed by atoms with Crippen LogP contribution in [0.1, 0.15) is 30.9 Å². The predicted molar refractivity (Wildman–Crippen MR) is 89.5 cm³/mol. The summed E-state index contributed by atoms with van der Waals surface area (Å²) < 4.78 is 5.73. The molecule has 0 bridgehead atoms. The topological polar surface area (TPSA) is 49.9 Å². The van der Waals surface area contributed by atoms with Crippen molar-refractivity contribution in [3.63, 3.8) is 0 Å². The fourth-order valence-corrected chi connectivity index (χ4v) is 2.85. The molecular weight excluding hydrogens is 292 g/mol. The number of amides is 2. The number of hydrogen-bond acceptors (Lipinski definition) is 3. The van der Waals surface area contributed by atoms with Crippen molar-refractivity contribution in [2.24, 2.45) is 0 Å². The lowest BCUT2D eigenvalue weighted by Gasteiger charge is -2.21. The van der Waals surface area contributed by atoms with Crippen molar-refractivity contribution in [3.05, 3.63) is 29.3 Å². The van der Waals surface area contributed by atoms with Gasteiger partial charge in [-0.25, -0.2) is 0 Å². The van der Waals surface area contributed by atoms with Gasteiger partial charge in [0, 0.05) is 33.1 Å². The number of nitrogens with zero attached hydrogens (tertiary/aromatic N) is 2. The van der Waals surface area contributed by atoms with Gasteiger partial charge >= 0.3 is 0 Å². The quantitative estimate of drug-likeness (QED) is 0.855. The molecule has 1 aromatic carbocycles. The SMILES string of the molecule is CC(=O)N1CCCN(C(=O)CCOc2ccc(C)cc2C)CC1. The first-order valence-corrected chi connectivity index (χ1v) is 8.20. The molecule has 0 atom stereocenters. The molecule has 0 saturated carbocycles. The van der Waals surface area contributed by atoms with Gasteiger partial charge in [0.2, 0.25) is 11.8 Å². The maximum atomic E-state index is 12.3. The smallest absolute Gasteiger partial charge is 0.226 e. The van der Waals surface area contributed by atoms with Gasteiger partial charge in [0.15, 0.2) is 0 Å². The van der Waals surface area contributed by atoms with E-state index in [2.05, 4.69) is 6.07 Å². The summed E-state index contributed by atoms with van der Waals surface area (Å²) in [6.45, 7) is 8.70. The molecule has 1 heterocycles.